The Labute approximate surface area is 167 Å². The summed E-state index contributed by atoms with van der Waals surface area (Å²) in [5.41, 5.74) is 2.84. The van der Waals surface area contributed by atoms with Gasteiger partial charge in [0.25, 0.3) is 5.91 Å². The summed E-state index contributed by atoms with van der Waals surface area (Å²) in [6.07, 6.45) is 1.44. The molecule has 5 nitrogen and oxygen atoms in total. The van der Waals surface area contributed by atoms with Crippen molar-refractivity contribution in [2.75, 3.05) is 12.4 Å². The van der Waals surface area contributed by atoms with Crippen LogP contribution in [0.4, 0.5) is 5.69 Å². The van der Waals surface area contributed by atoms with E-state index in [9.17, 15) is 10.1 Å². The van der Waals surface area contributed by atoms with Gasteiger partial charge in [-0.25, -0.2) is 0 Å². The number of carbonyl (C=O) groups excluding carboxylic acids is 1. The Kier molecular flexibility index (Phi) is 7.04. The first kappa shape index (κ1) is 19.8. The Bertz CT molecular complexity index is 854. The van der Waals surface area contributed by atoms with Crippen LogP contribution in [0.3, 0.4) is 0 Å². The van der Waals surface area contributed by atoms with Crippen molar-refractivity contribution in [1.29, 1.82) is 5.26 Å². The van der Waals surface area contributed by atoms with Crippen LogP contribution >= 0.6 is 22.6 Å². The number of nitrogens with one attached hydrogen (secondary N) is 2. The molecule has 0 saturated carbocycles. The molecule has 1 amide bonds. The highest BCUT2D eigenvalue weighted by atomic mass is 127. The van der Waals surface area contributed by atoms with Crippen LogP contribution in [-0.2, 0) is 4.79 Å². The first-order valence-corrected chi connectivity index (χ1v) is 9.10. The fraction of sp³-hybridized carbons (Fsp3) is 0.200. The molecule has 0 bridgehead atoms. The lowest BCUT2D eigenvalue weighted by Gasteiger charge is -2.14. The number of nitrogens with zero attached hydrogens (tertiary/aromatic N) is 1. The second-order valence-electron chi connectivity index (χ2n) is 5.74. The molecule has 6 heteroatoms. The summed E-state index contributed by atoms with van der Waals surface area (Å²) in [6, 6.07) is 15.0. The molecule has 0 aliphatic rings. The van der Waals surface area contributed by atoms with Crippen LogP contribution in [0.25, 0.3) is 0 Å². The minimum atomic E-state index is -0.425. The lowest BCUT2D eigenvalue weighted by atomic mass is 10.1. The summed E-state index contributed by atoms with van der Waals surface area (Å²) in [7, 11) is 1.60. The Morgan fingerprint density at radius 3 is 2.54 bits per heavy atom. The maximum Gasteiger partial charge on any atom is 0.263 e. The van der Waals surface area contributed by atoms with Crippen LogP contribution in [-0.4, -0.2) is 13.0 Å². The van der Waals surface area contributed by atoms with Gasteiger partial charge in [-0.05, 0) is 77.9 Å². The number of anilines is 1. The SMILES string of the molecule is COc1ccc(C(C)NC(=O)/C(C#N)=C\Nc2ccc(I)cc2C)cc1. The third kappa shape index (κ3) is 5.23. The van der Waals surface area contributed by atoms with Crippen molar-refractivity contribution < 1.29 is 9.53 Å². The van der Waals surface area contributed by atoms with E-state index in [1.165, 1.54) is 6.20 Å². The van der Waals surface area contributed by atoms with Gasteiger partial charge < -0.3 is 15.4 Å². The number of aryl methyl sites for hydroxylation is 1. The molecule has 0 fully saturated rings. The van der Waals surface area contributed by atoms with Crippen LogP contribution < -0.4 is 15.4 Å². The molecule has 2 aromatic carbocycles. The van der Waals surface area contributed by atoms with E-state index in [4.69, 9.17) is 4.74 Å². The second kappa shape index (κ2) is 9.25. The van der Waals surface area contributed by atoms with E-state index in [2.05, 4.69) is 33.2 Å². The van der Waals surface area contributed by atoms with E-state index < -0.39 is 5.91 Å². The van der Waals surface area contributed by atoms with Crippen molar-refractivity contribution in [3.8, 4) is 11.8 Å². The molecule has 2 aromatic rings. The number of hydrogen-bond donors (Lipinski definition) is 2. The average Bonchev–Trinajstić information content (AvgIpc) is 2.63. The van der Waals surface area contributed by atoms with Crippen LogP contribution in [0.1, 0.15) is 24.1 Å². The Morgan fingerprint density at radius 1 is 1.27 bits per heavy atom. The highest BCUT2D eigenvalue weighted by molar-refractivity contribution is 14.1. The molecule has 0 aromatic heterocycles. The number of benzene rings is 2. The number of hydrogen-bond acceptors (Lipinski definition) is 4. The van der Waals surface area contributed by atoms with Gasteiger partial charge in [0.05, 0.1) is 13.2 Å². The van der Waals surface area contributed by atoms with Crippen LogP contribution in [0.2, 0.25) is 0 Å². The third-order valence-electron chi connectivity index (χ3n) is 3.89. The molecular formula is C20H20IN3O2. The molecule has 134 valence electrons. The van der Waals surface area contributed by atoms with E-state index in [0.29, 0.717) is 0 Å². The van der Waals surface area contributed by atoms with Gasteiger partial charge in [-0.2, -0.15) is 5.26 Å². The molecule has 1 unspecified atom stereocenters. The normalized spacial score (nSPS) is 12.0. The second-order valence-corrected chi connectivity index (χ2v) is 6.99. The molecule has 0 radical (unpaired) electrons. The fourth-order valence-electron chi connectivity index (χ4n) is 2.34. The predicted molar refractivity (Wildman–Crippen MR) is 111 cm³/mol. The first-order valence-electron chi connectivity index (χ1n) is 8.02. The monoisotopic (exact) mass is 461 g/mol. The number of halogens is 1. The van der Waals surface area contributed by atoms with Gasteiger partial charge in [0, 0.05) is 15.5 Å². The van der Waals surface area contributed by atoms with Gasteiger partial charge >= 0.3 is 0 Å². The zero-order valence-corrected chi connectivity index (χ0v) is 17.0. The topological polar surface area (TPSA) is 74.1 Å². The highest BCUT2D eigenvalue weighted by Gasteiger charge is 2.14. The van der Waals surface area contributed by atoms with E-state index in [0.717, 1.165) is 26.1 Å². The summed E-state index contributed by atoms with van der Waals surface area (Å²) in [5, 5.41) is 15.2. The minimum Gasteiger partial charge on any atom is -0.497 e. The Hall–Kier alpha value is -2.53. The molecule has 0 aliphatic heterocycles. The fourth-order valence-corrected chi connectivity index (χ4v) is 2.98. The van der Waals surface area contributed by atoms with E-state index in [1.54, 1.807) is 7.11 Å². The van der Waals surface area contributed by atoms with Gasteiger partial charge in [0.15, 0.2) is 0 Å². The largest absolute Gasteiger partial charge is 0.497 e. The summed E-state index contributed by atoms with van der Waals surface area (Å²) < 4.78 is 6.25. The summed E-state index contributed by atoms with van der Waals surface area (Å²) >= 11 is 2.24. The molecule has 26 heavy (non-hydrogen) atoms. The first-order chi connectivity index (χ1) is 12.4. The predicted octanol–water partition coefficient (Wildman–Crippen LogP) is 4.31. The van der Waals surface area contributed by atoms with Crippen molar-refractivity contribution in [2.45, 2.75) is 19.9 Å². The Balaban J connectivity index is 2.06. The smallest absolute Gasteiger partial charge is 0.263 e. The van der Waals surface area contributed by atoms with E-state index >= 15 is 0 Å². The number of nitriles is 1. The summed E-state index contributed by atoms with van der Waals surface area (Å²) in [5.74, 6) is 0.327. The summed E-state index contributed by atoms with van der Waals surface area (Å²) in [6.45, 7) is 3.83. The van der Waals surface area contributed by atoms with Crippen molar-refractivity contribution in [2.24, 2.45) is 0 Å². The number of carbonyl (C=O) groups is 1. The van der Waals surface area contributed by atoms with Gasteiger partial charge in [-0.1, -0.05) is 12.1 Å². The van der Waals surface area contributed by atoms with E-state index in [-0.39, 0.29) is 11.6 Å². The number of methoxy groups -OCH3 is 1. The molecule has 0 saturated heterocycles. The number of ether oxygens (including phenoxy) is 1. The number of amides is 1. The van der Waals surface area contributed by atoms with Gasteiger partial charge in [0.1, 0.15) is 17.4 Å². The van der Waals surface area contributed by atoms with Crippen molar-refractivity contribution in [3.63, 3.8) is 0 Å². The lowest BCUT2D eigenvalue weighted by molar-refractivity contribution is -0.117. The lowest BCUT2D eigenvalue weighted by Crippen LogP contribution is -2.28. The van der Waals surface area contributed by atoms with E-state index in [1.807, 2.05) is 62.4 Å². The maximum absolute atomic E-state index is 12.4. The molecule has 0 spiro atoms. The van der Waals surface area contributed by atoms with Gasteiger partial charge in [-0.3, -0.25) is 4.79 Å². The molecule has 0 heterocycles. The quantitative estimate of drug-likeness (QED) is 0.382. The third-order valence-corrected chi connectivity index (χ3v) is 4.56. The highest BCUT2D eigenvalue weighted by Crippen LogP contribution is 2.19. The molecule has 2 rings (SSSR count). The van der Waals surface area contributed by atoms with Crippen LogP contribution in [0.15, 0.2) is 54.2 Å². The zero-order chi connectivity index (χ0) is 19.1. The number of rotatable bonds is 6. The average molecular weight is 461 g/mol. The van der Waals surface area contributed by atoms with Crippen molar-refractivity contribution >= 4 is 34.2 Å². The van der Waals surface area contributed by atoms with Gasteiger partial charge in [-0.15, -0.1) is 0 Å². The van der Waals surface area contributed by atoms with Gasteiger partial charge in [0.2, 0.25) is 0 Å². The molecule has 1 atom stereocenters. The molecular weight excluding hydrogens is 441 g/mol. The minimum absolute atomic E-state index is 0.0170. The van der Waals surface area contributed by atoms with Crippen molar-refractivity contribution in [1.82, 2.24) is 5.32 Å². The standard InChI is InChI=1S/C20H20IN3O2/c1-13-10-17(21)6-9-19(13)23-12-16(11-22)20(25)24-14(2)15-4-7-18(26-3)8-5-15/h4-10,12,14,23H,1-3H3,(H,24,25)/b16-12-. The van der Waals surface area contributed by atoms with Crippen LogP contribution in [0, 0.1) is 21.8 Å². The van der Waals surface area contributed by atoms with Crippen molar-refractivity contribution in [3.05, 3.63) is 68.9 Å². The maximum atomic E-state index is 12.4. The molecule has 0 aliphatic carbocycles. The zero-order valence-electron chi connectivity index (χ0n) is 14.8. The molecule has 2 N–H and O–H groups in total. The summed E-state index contributed by atoms with van der Waals surface area (Å²) in [4.78, 5) is 12.4. The van der Waals surface area contributed by atoms with Crippen LogP contribution in [0.5, 0.6) is 5.75 Å². The Morgan fingerprint density at radius 2 is 1.96 bits per heavy atom.